The van der Waals surface area contributed by atoms with Gasteiger partial charge >= 0.3 is 0 Å². The van der Waals surface area contributed by atoms with E-state index in [0.29, 0.717) is 17.2 Å². The maximum Gasteiger partial charge on any atom is 0.115 e. The molecule has 0 spiro atoms. The maximum atomic E-state index is 8.63. The lowest BCUT2D eigenvalue weighted by Gasteiger charge is -1.82. The zero-order valence-electron chi connectivity index (χ0n) is 16.9. The molecule has 164 valence electrons. The van der Waals surface area contributed by atoms with Crippen molar-refractivity contribution in [3.05, 3.63) is 91.0 Å². The third-order valence-electron chi connectivity index (χ3n) is 2.27. The van der Waals surface area contributed by atoms with E-state index in [1.54, 1.807) is 72.8 Å². The van der Waals surface area contributed by atoms with Crippen molar-refractivity contribution in [1.29, 1.82) is 0 Å². The summed E-state index contributed by atoms with van der Waals surface area (Å²) in [7, 11) is 0. The Labute approximate surface area is 179 Å². The lowest BCUT2D eigenvalue weighted by atomic mass is 10.3. The van der Waals surface area contributed by atoms with E-state index < -0.39 is 0 Å². The van der Waals surface area contributed by atoms with Crippen LogP contribution in [0.5, 0.6) is 17.2 Å². The van der Waals surface area contributed by atoms with Gasteiger partial charge in [0.1, 0.15) is 17.2 Å². The Balaban J connectivity index is -0.000000139. The van der Waals surface area contributed by atoms with Crippen LogP contribution >= 0.6 is 0 Å². The Hall–Kier alpha value is -2.94. The quantitative estimate of drug-likeness (QED) is 0.354. The molecule has 3 aromatic carbocycles. The number of para-hydroxylation sites is 3. The van der Waals surface area contributed by atoms with Gasteiger partial charge in [0.25, 0.3) is 0 Å². The van der Waals surface area contributed by atoms with Gasteiger partial charge in [0.2, 0.25) is 0 Å². The molecule has 29 heavy (non-hydrogen) atoms. The maximum absolute atomic E-state index is 8.63. The molecule has 0 aliphatic rings. The molecule has 0 unspecified atom stereocenters. The van der Waals surface area contributed by atoms with Crippen molar-refractivity contribution in [2.75, 3.05) is 0 Å². The molecule has 0 fully saturated rings. The van der Waals surface area contributed by atoms with Crippen LogP contribution < -0.4 is 0 Å². The number of benzene rings is 3. The summed E-state index contributed by atoms with van der Waals surface area (Å²) in [5.74, 6) is 0.965. The van der Waals surface area contributed by atoms with Crippen LogP contribution in [0, 0.1) is 0 Å². The minimum absolute atomic E-state index is 0. The summed E-state index contributed by atoms with van der Waals surface area (Å²) in [5.41, 5.74) is 0. The molecule has 0 aromatic heterocycles. The first-order chi connectivity index (χ1) is 13.0. The van der Waals surface area contributed by atoms with E-state index in [2.05, 4.69) is 27.7 Å². The average molecular weight is 403 g/mol. The summed E-state index contributed by atoms with van der Waals surface area (Å²) < 4.78 is 0. The molecule has 0 aliphatic carbocycles. The number of rotatable bonds is 0. The number of hydrogen-bond donors (Lipinski definition) is 3. The fourth-order valence-corrected chi connectivity index (χ4v) is 1.28. The molecule has 0 saturated carbocycles. The summed E-state index contributed by atoms with van der Waals surface area (Å²) >= 11 is 0. The number of phenols is 3. The van der Waals surface area contributed by atoms with E-state index in [1.807, 2.05) is 18.2 Å². The highest BCUT2D eigenvalue weighted by molar-refractivity contribution is 5.19. The van der Waals surface area contributed by atoms with Gasteiger partial charge in [-0.3, -0.25) is 0 Å². The monoisotopic (exact) mass is 402 g/mol. The lowest BCUT2D eigenvalue weighted by Crippen LogP contribution is -1.56. The van der Waals surface area contributed by atoms with Crippen molar-refractivity contribution in [3.63, 3.8) is 0 Å². The van der Waals surface area contributed by atoms with E-state index in [4.69, 9.17) is 15.3 Å². The smallest absolute Gasteiger partial charge is 0.115 e. The first-order valence-electron chi connectivity index (χ1n) is 9.23. The molecule has 0 amide bonds. The number of aromatic hydroxyl groups is 3. The Kier molecular flexibility index (Phi) is 31.6. The molecule has 3 N–H and O–H groups in total. The predicted molar refractivity (Wildman–Crippen MR) is 130 cm³/mol. The Bertz CT molecular complexity index is 520. The molecule has 3 heteroatoms. The van der Waals surface area contributed by atoms with Gasteiger partial charge in [0, 0.05) is 0 Å². The van der Waals surface area contributed by atoms with Crippen molar-refractivity contribution in [1.82, 2.24) is 0 Å². The molecular weight excluding hydrogens is 360 g/mol. The summed E-state index contributed by atoms with van der Waals surface area (Å²) in [6, 6.07) is 26.1. The molecule has 0 radical (unpaired) electrons. The van der Waals surface area contributed by atoms with Crippen molar-refractivity contribution in [2.24, 2.45) is 0 Å². The minimum atomic E-state index is 0. The SMILES string of the molecule is C.C.CCC.CCC.Oc1ccccc1.Oc1ccccc1.Oc1ccccc1. The first kappa shape index (κ1) is 33.6. The number of hydrogen-bond acceptors (Lipinski definition) is 3. The fraction of sp³-hybridized carbons (Fsp3) is 0.308. The predicted octanol–water partition coefficient (Wildman–Crippen LogP) is 8.28. The van der Waals surface area contributed by atoms with Gasteiger partial charge < -0.3 is 15.3 Å². The second-order valence-electron chi connectivity index (χ2n) is 5.42. The summed E-state index contributed by atoms with van der Waals surface area (Å²) in [6.45, 7) is 8.50. The highest BCUT2D eigenvalue weighted by Crippen LogP contribution is 2.04. The summed E-state index contributed by atoms with van der Waals surface area (Å²) in [6.07, 6.45) is 2.50. The highest BCUT2D eigenvalue weighted by atomic mass is 16.3. The van der Waals surface area contributed by atoms with Crippen LogP contribution in [0.1, 0.15) is 55.4 Å². The molecule has 0 bridgehead atoms. The first-order valence-corrected chi connectivity index (χ1v) is 9.23. The van der Waals surface area contributed by atoms with Crippen molar-refractivity contribution in [2.45, 2.75) is 55.4 Å². The van der Waals surface area contributed by atoms with E-state index in [0.717, 1.165) is 0 Å². The molecule has 3 aromatic rings. The van der Waals surface area contributed by atoms with Gasteiger partial charge in [0.15, 0.2) is 0 Å². The van der Waals surface area contributed by atoms with Crippen LogP contribution in [-0.2, 0) is 0 Å². The zero-order chi connectivity index (χ0) is 20.8. The van der Waals surface area contributed by atoms with Gasteiger partial charge in [-0.05, 0) is 36.4 Å². The standard InChI is InChI=1S/3C6H6O.2C3H8.2CH4/c3*7-6-4-2-1-3-5-6;2*1-3-2;;/h3*1-5,7H;2*3H2,1-2H3;2*1H4. The minimum Gasteiger partial charge on any atom is -0.508 e. The third-order valence-corrected chi connectivity index (χ3v) is 2.27. The average Bonchev–Trinajstić information content (AvgIpc) is 2.66. The molecule has 0 saturated heterocycles. The molecule has 3 nitrogen and oxygen atoms in total. The lowest BCUT2D eigenvalue weighted by molar-refractivity contribution is 0.475. The largest absolute Gasteiger partial charge is 0.508 e. The van der Waals surface area contributed by atoms with Crippen LogP contribution in [0.3, 0.4) is 0 Å². The number of phenolic OH excluding ortho intramolecular Hbond substituents is 3. The van der Waals surface area contributed by atoms with Gasteiger partial charge in [-0.25, -0.2) is 0 Å². The van der Waals surface area contributed by atoms with Crippen LogP contribution in [0.15, 0.2) is 91.0 Å². The highest BCUT2D eigenvalue weighted by Gasteiger charge is 1.76. The van der Waals surface area contributed by atoms with E-state index >= 15 is 0 Å². The molecule has 0 aliphatic heterocycles. The van der Waals surface area contributed by atoms with E-state index in [9.17, 15) is 0 Å². The van der Waals surface area contributed by atoms with Crippen molar-refractivity contribution < 1.29 is 15.3 Å². The topological polar surface area (TPSA) is 60.7 Å². The van der Waals surface area contributed by atoms with Crippen molar-refractivity contribution in [3.8, 4) is 17.2 Å². The zero-order valence-corrected chi connectivity index (χ0v) is 16.9. The second kappa shape index (κ2) is 27.3. The molecular formula is C26H42O3. The van der Waals surface area contributed by atoms with Gasteiger partial charge in [-0.15, -0.1) is 0 Å². The van der Waals surface area contributed by atoms with Crippen LogP contribution in [0.4, 0.5) is 0 Å². The van der Waals surface area contributed by atoms with Crippen LogP contribution in [0.25, 0.3) is 0 Å². The molecule has 0 heterocycles. The summed E-state index contributed by atoms with van der Waals surface area (Å²) in [5, 5.41) is 25.9. The summed E-state index contributed by atoms with van der Waals surface area (Å²) in [4.78, 5) is 0. The van der Waals surface area contributed by atoms with Gasteiger partial charge in [-0.1, -0.05) is 110 Å². The Morgan fingerprint density at radius 2 is 0.552 bits per heavy atom. The third kappa shape index (κ3) is 30.0. The van der Waals surface area contributed by atoms with Crippen LogP contribution in [0.2, 0.25) is 0 Å². The molecule has 0 atom stereocenters. The van der Waals surface area contributed by atoms with Gasteiger partial charge in [-0.2, -0.15) is 0 Å². The molecule has 3 rings (SSSR count). The van der Waals surface area contributed by atoms with E-state index in [1.165, 1.54) is 12.8 Å². The van der Waals surface area contributed by atoms with Gasteiger partial charge in [0.05, 0.1) is 0 Å². The Morgan fingerprint density at radius 1 is 0.414 bits per heavy atom. The van der Waals surface area contributed by atoms with E-state index in [-0.39, 0.29) is 14.9 Å². The second-order valence-corrected chi connectivity index (χ2v) is 5.42. The van der Waals surface area contributed by atoms with Crippen LogP contribution in [-0.4, -0.2) is 15.3 Å². The normalized spacial score (nSPS) is 7.45. The Morgan fingerprint density at radius 3 is 0.621 bits per heavy atom. The fourth-order valence-electron chi connectivity index (χ4n) is 1.28. The van der Waals surface area contributed by atoms with Crippen molar-refractivity contribution >= 4 is 0 Å².